The molecule has 0 saturated heterocycles. The lowest BCUT2D eigenvalue weighted by atomic mass is 9.72. The first-order valence-corrected chi connectivity index (χ1v) is 8.64. The number of hydrogen-bond donors (Lipinski definition) is 2. The summed E-state index contributed by atoms with van der Waals surface area (Å²) in [5.41, 5.74) is -1.27. The second-order valence-corrected chi connectivity index (χ2v) is 7.28. The van der Waals surface area contributed by atoms with Gasteiger partial charge in [0.25, 0.3) is 0 Å². The minimum Gasteiger partial charge on any atom is -0.480 e. The minimum atomic E-state index is -1.32. The maximum Gasteiger partial charge on any atom is 0.329 e. The number of halogens is 2. The Hall–Kier alpha value is -1.62. The molecule has 1 saturated carbocycles. The number of amides is 1. The fraction of sp³-hybridized carbons (Fsp3) is 0.556. The molecule has 6 heteroatoms. The number of carbonyl (C=O) groups is 2. The Morgan fingerprint density at radius 1 is 1.29 bits per heavy atom. The van der Waals surface area contributed by atoms with Gasteiger partial charge in [0.15, 0.2) is 0 Å². The van der Waals surface area contributed by atoms with E-state index in [1.165, 1.54) is 18.2 Å². The van der Waals surface area contributed by atoms with E-state index in [1.54, 1.807) is 6.07 Å². The van der Waals surface area contributed by atoms with Crippen LogP contribution in [0.25, 0.3) is 0 Å². The van der Waals surface area contributed by atoms with Crippen LogP contribution in [-0.4, -0.2) is 22.5 Å². The highest BCUT2D eigenvalue weighted by molar-refractivity contribution is 6.31. The van der Waals surface area contributed by atoms with Gasteiger partial charge in [0.05, 0.1) is 0 Å². The fourth-order valence-corrected chi connectivity index (χ4v) is 3.54. The van der Waals surface area contributed by atoms with Gasteiger partial charge in [-0.3, -0.25) is 4.79 Å². The molecule has 1 aromatic carbocycles. The highest BCUT2D eigenvalue weighted by Crippen LogP contribution is 2.37. The van der Waals surface area contributed by atoms with Crippen LogP contribution in [0.3, 0.4) is 0 Å². The maximum atomic E-state index is 13.8. The van der Waals surface area contributed by atoms with E-state index < -0.39 is 28.6 Å². The largest absolute Gasteiger partial charge is 0.480 e. The summed E-state index contributed by atoms with van der Waals surface area (Å²) in [6, 6.07) is 5.74. The first-order valence-electron chi connectivity index (χ1n) is 8.21. The Labute approximate surface area is 146 Å². The van der Waals surface area contributed by atoms with Gasteiger partial charge in [-0.1, -0.05) is 32.0 Å². The van der Waals surface area contributed by atoms with Crippen molar-refractivity contribution in [1.82, 2.24) is 5.32 Å². The molecule has 1 atom stereocenters. The van der Waals surface area contributed by atoms with Gasteiger partial charge in [0, 0.05) is 5.56 Å². The lowest BCUT2D eigenvalue weighted by Gasteiger charge is -2.39. The van der Waals surface area contributed by atoms with Gasteiger partial charge >= 0.3 is 5.97 Å². The average molecular weight is 356 g/mol. The zero-order valence-corrected chi connectivity index (χ0v) is 14.6. The Balaban J connectivity index is 2.12. The van der Waals surface area contributed by atoms with Crippen LogP contribution in [-0.2, 0) is 9.59 Å². The number of carbonyl (C=O) groups excluding carboxylic acids is 1. The van der Waals surface area contributed by atoms with Gasteiger partial charge in [0.1, 0.15) is 16.7 Å². The molecule has 1 aromatic rings. The zero-order valence-electron chi connectivity index (χ0n) is 13.9. The van der Waals surface area contributed by atoms with E-state index in [0.29, 0.717) is 24.7 Å². The highest BCUT2D eigenvalue weighted by atomic mass is 35.5. The van der Waals surface area contributed by atoms with E-state index in [4.69, 9.17) is 11.6 Å². The van der Waals surface area contributed by atoms with Crippen molar-refractivity contribution >= 4 is 23.5 Å². The molecule has 1 amide bonds. The predicted octanol–water partition coefficient (Wildman–Crippen LogP) is 3.89. The molecule has 0 radical (unpaired) electrons. The summed E-state index contributed by atoms with van der Waals surface area (Å²) >= 11 is 6.08. The Morgan fingerprint density at radius 3 is 2.38 bits per heavy atom. The van der Waals surface area contributed by atoms with Gasteiger partial charge in [-0.15, -0.1) is 11.6 Å². The van der Waals surface area contributed by atoms with Crippen LogP contribution in [0.15, 0.2) is 24.3 Å². The van der Waals surface area contributed by atoms with Gasteiger partial charge in [-0.05, 0) is 43.6 Å². The molecule has 1 aliphatic carbocycles. The van der Waals surface area contributed by atoms with Crippen LogP contribution in [0.1, 0.15) is 50.5 Å². The molecule has 0 heterocycles. The van der Waals surface area contributed by atoms with Gasteiger partial charge < -0.3 is 10.4 Å². The number of aliphatic carboxylic acids is 1. The average Bonchev–Trinajstić information content (AvgIpc) is 2.54. The van der Waals surface area contributed by atoms with E-state index in [0.717, 1.165) is 12.8 Å². The third kappa shape index (κ3) is 3.89. The van der Waals surface area contributed by atoms with E-state index in [2.05, 4.69) is 19.2 Å². The maximum absolute atomic E-state index is 13.8. The van der Waals surface area contributed by atoms with E-state index >= 15 is 0 Å². The summed E-state index contributed by atoms with van der Waals surface area (Å²) in [7, 11) is 0. The quantitative estimate of drug-likeness (QED) is 0.787. The van der Waals surface area contributed by atoms with Crippen LogP contribution < -0.4 is 5.32 Å². The molecule has 0 aliphatic heterocycles. The Kier molecular flexibility index (Phi) is 5.86. The first kappa shape index (κ1) is 18.7. The van der Waals surface area contributed by atoms with Crippen molar-refractivity contribution in [1.29, 1.82) is 0 Å². The van der Waals surface area contributed by atoms with Crippen LogP contribution in [0.2, 0.25) is 0 Å². The normalized spacial score (nSPS) is 25.3. The SMILES string of the molecule is CC(C)C1CCC(NC(=O)C(Cl)c2ccccc2F)(C(=O)O)CC1. The van der Waals surface area contributed by atoms with Gasteiger partial charge in [-0.25, -0.2) is 9.18 Å². The highest BCUT2D eigenvalue weighted by Gasteiger charge is 2.44. The molecule has 2 N–H and O–H groups in total. The summed E-state index contributed by atoms with van der Waals surface area (Å²) in [5.74, 6) is -1.39. The number of carboxylic acid groups (broad SMARTS) is 1. The van der Waals surface area contributed by atoms with Crippen molar-refractivity contribution < 1.29 is 19.1 Å². The second-order valence-electron chi connectivity index (χ2n) is 6.84. The van der Waals surface area contributed by atoms with E-state index in [9.17, 15) is 19.1 Å². The molecule has 2 rings (SSSR count). The summed E-state index contributed by atoms with van der Waals surface area (Å²) in [4.78, 5) is 24.2. The van der Waals surface area contributed by atoms with Crippen molar-refractivity contribution in [3.63, 3.8) is 0 Å². The molecule has 132 valence electrons. The predicted molar refractivity (Wildman–Crippen MR) is 90.3 cm³/mol. The third-order valence-corrected chi connectivity index (χ3v) is 5.44. The third-order valence-electron chi connectivity index (χ3n) is 5.01. The Bertz CT molecular complexity index is 612. The summed E-state index contributed by atoms with van der Waals surface area (Å²) < 4.78 is 13.8. The van der Waals surface area contributed by atoms with Crippen molar-refractivity contribution in [2.24, 2.45) is 11.8 Å². The molecule has 1 unspecified atom stereocenters. The summed E-state index contributed by atoms with van der Waals surface area (Å²) in [6.45, 7) is 4.23. The standard InChI is InChI=1S/C18H23ClFNO3/c1-11(2)12-7-9-18(10-8-12,17(23)24)21-16(22)15(19)13-5-3-4-6-14(13)20/h3-6,11-12,15H,7-10H2,1-2H3,(H,21,22)(H,23,24). The monoisotopic (exact) mass is 355 g/mol. The van der Waals surface area contributed by atoms with Crippen molar-refractivity contribution in [2.45, 2.75) is 50.4 Å². The van der Waals surface area contributed by atoms with Gasteiger partial charge in [-0.2, -0.15) is 0 Å². The second kappa shape index (κ2) is 7.51. The lowest BCUT2D eigenvalue weighted by Crippen LogP contribution is -2.57. The first-order chi connectivity index (χ1) is 11.3. The van der Waals surface area contributed by atoms with Crippen LogP contribution in [0.4, 0.5) is 4.39 Å². The van der Waals surface area contributed by atoms with Crippen LogP contribution >= 0.6 is 11.6 Å². The molecule has 0 spiro atoms. The van der Waals surface area contributed by atoms with Crippen LogP contribution in [0, 0.1) is 17.7 Å². The number of alkyl halides is 1. The van der Waals surface area contributed by atoms with E-state index in [1.807, 2.05) is 0 Å². The zero-order chi connectivity index (χ0) is 17.9. The number of carboxylic acids is 1. The number of hydrogen-bond acceptors (Lipinski definition) is 2. The summed E-state index contributed by atoms with van der Waals surface area (Å²) in [5, 5.41) is 11.0. The van der Waals surface area contributed by atoms with Crippen molar-refractivity contribution in [3.8, 4) is 0 Å². The molecule has 1 aliphatic rings. The molecular formula is C18H23ClFNO3. The van der Waals surface area contributed by atoms with E-state index in [-0.39, 0.29) is 5.56 Å². The number of rotatable bonds is 5. The molecule has 1 fully saturated rings. The molecule has 0 aromatic heterocycles. The molecular weight excluding hydrogens is 333 g/mol. The Morgan fingerprint density at radius 2 is 1.88 bits per heavy atom. The number of benzene rings is 1. The molecule has 4 nitrogen and oxygen atoms in total. The van der Waals surface area contributed by atoms with Crippen molar-refractivity contribution in [3.05, 3.63) is 35.6 Å². The smallest absolute Gasteiger partial charge is 0.329 e. The minimum absolute atomic E-state index is 0.0491. The summed E-state index contributed by atoms with van der Waals surface area (Å²) in [6.07, 6.45) is 2.18. The molecule has 24 heavy (non-hydrogen) atoms. The topological polar surface area (TPSA) is 66.4 Å². The van der Waals surface area contributed by atoms with Gasteiger partial charge in [0.2, 0.25) is 5.91 Å². The van der Waals surface area contributed by atoms with Crippen molar-refractivity contribution in [2.75, 3.05) is 0 Å². The van der Waals surface area contributed by atoms with Crippen LogP contribution in [0.5, 0.6) is 0 Å². The molecule has 0 bridgehead atoms. The lowest BCUT2D eigenvalue weighted by molar-refractivity contribution is -0.149. The number of nitrogens with one attached hydrogen (secondary N) is 1. The fourth-order valence-electron chi connectivity index (χ4n) is 3.31.